The van der Waals surface area contributed by atoms with E-state index in [4.69, 9.17) is 0 Å². The van der Waals surface area contributed by atoms with Gasteiger partial charge in [-0.05, 0) is 35.6 Å². The molecule has 1 unspecified atom stereocenters. The van der Waals surface area contributed by atoms with Gasteiger partial charge in [0, 0.05) is 28.5 Å². The third-order valence-corrected chi connectivity index (χ3v) is 4.38. The average Bonchev–Trinajstić information content (AvgIpc) is 2.87. The van der Waals surface area contributed by atoms with Crippen LogP contribution in [-0.2, 0) is 16.6 Å². The summed E-state index contributed by atoms with van der Waals surface area (Å²) >= 11 is 1.41. The van der Waals surface area contributed by atoms with Gasteiger partial charge < -0.3 is 5.32 Å². The number of hydrogen-bond donors (Lipinski definition) is 1. The Bertz CT molecular complexity index is 606. The standard InChI is InChI=1S/C14H15NO2S2/c1-10-11(9-19(2)17)5-3-6-12(10)15-14(16)13-7-4-8-18-13/h3-8H,9H2,1-2H3,(H,15,16). The van der Waals surface area contributed by atoms with E-state index in [1.165, 1.54) is 11.3 Å². The summed E-state index contributed by atoms with van der Waals surface area (Å²) in [4.78, 5) is 12.7. The van der Waals surface area contributed by atoms with Crippen molar-refractivity contribution < 1.29 is 9.00 Å². The maximum Gasteiger partial charge on any atom is 0.265 e. The summed E-state index contributed by atoms with van der Waals surface area (Å²) in [7, 11) is -0.888. The first-order valence-corrected chi connectivity index (χ1v) is 8.42. The van der Waals surface area contributed by atoms with Crippen molar-refractivity contribution in [2.45, 2.75) is 12.7 Å². The fourth-order valence-electron chi connectivity index (χ4n) is 1.79. The number of carbonyl (C=O) groups excluding carboxylic acids is 1. The van der Waals surface area contributed by atoms with Crippen molar-refractivity contribution in [1.29, 1.82) is 0 Å². The molecule has 0 fully saturated rings. The van der Waals surface area contributed by atoms with Crippen molar-refractivity contribution in [3.8, 4) is 0 Å². The summed E-state index contributed by atoms with van der Waals surface area (Å²) in [5.74, 6) is 0.405. The lowest BCUT2D eigenvalue weighted by Gasteiger charge is -2.11. The van der Waals surface area contributed by atoms with Gasteiger partial charge in [0.2, 0.25) is 0 Å². The smallest absolute Gasteiger partial charge is 0.265 e. The Morgan fingerprint density at radius 3 is 2.74 bits per heavy atom. The lowest BCUT2D eigenvalue weighted by Crippen LogP contribution is -2.12. The van der Waals surface area contributed by atoms with Crippen LogP contribution in [0.25, 0.3) is 0 Å². The Hall–Kier alpha value is -1.46. The molecule has 0 aliphatic rings. The number of anilines is 1. The molecule has 1 aromatic carbocycles. The highest BCUT2D eigenvalue weighted by Gasteiger charge is 2.10. The second-order valence-electron chi connectivity index (χ2n) is 4.24. The molecular formula is C14H15NO2S2. The normalized spacial score (nSPS) is 12.1. The van der Waals surface area contributed by atoms with E-state index in [0.29, 0.717) is 10.6 Å². The van der Waals surface area contributed by atoms with Crippen LogP contribution in [0.15, 0.2) is 35.7 Å². The predicted molar refractivity (Wildman–Crippen MR) is 81.2 cm³/mol. The van der Waals surface area contributed by atoms with Gasteiger partial charge in [0.25, 0.3) is 5.91 Å². The largest absolute Gasteiger partial charge is 0.321 e. The minimum atomic E-state index is -0.888. The van der Waals surface area contributed by atoms with Gasteiger partial charge in [-0.3, -0.25) is 9.00 Å². The summed E-state index contributed by atoms with van der Waals surface area (Å²) < 4.78 is 11.3. The van der Waals surface area contributed by atoms with Crippen LogP contribution in [0.4, 0.5) is 5.69 Å². The molecule has 1 N–H and O–H groups in total. The predicted octanol–water partition coefficient (Wildman–Crippen LogP) is 3.19. The average molecular weight is 293 g/mol. The van der Waals surface area contributed by atoms with Gasteiger partial charge in [-0.25, -0.2) is 0 Å². The number of rotatable bonds is 4. The molecule has 0 spiro atoms. The van der Waals surface area contributed by atoms with Crippen LogP contribution in [-0.4, -0.2) is 16.4 Å². The fourth-order valence-corrected chi connectivity index (χ4v) is 3.16. The molecule has 1 aromatic heterocycles. The number of amides is 1. The molecule has 19 heavy (non-hydrogen) atoms. The van der Waals surface area contributed by atoms with Gasteiger partial charge in [0.1, 0.15) is 0 Å². The van der Waals surface area contributed by atoms with E-state index in [-0.39, 0.29) is 5.91 Å². The minimum absolute atomic E-state index is 0.104. The first-order chi connectivity index (χ1) is 9.08. The van der Waals surface area contributed by atoms with Gasteiger partial charge in [0.15, 0.2) is 0 Å². The van der Waals surface area contributed by atoms with Gasteiger partial charge in [0.05, 0.1) is 4.88 Å². The monoisotopic (exact) mass is 293 g/mol. The van der Waals surface area contributed by atoms with Crippen LogP contribution < -0.4 is 5.32 Å². The number of thiophene rings is 1. The lowest BCUT2D eigenvalue weighted by molar-refractivity contribution is 0.103. The third kappa shape index (κ3) is 3.52. The van der Waals surface area contributed by atoms with Gasteiger partial charge in [-0.15, -0.1) is 11.3 Å². The van der Waals surface area contributed by atoms with Gasteiger partial charge in [-0.2, -0.15) is 0 Å². The molecule has 3 nitrogen and oxygen atoms in total. The molecule has 0 aliphatic carbocycles. The Morgan fingerprint density at radius 2 is 2.11 bits per heavy atom. The molecule has 1 amide bonds. The molecule has 100 valence electrons. The van der Waals surface area contributed by atoms with Crippen LogP contribution in [0.3, 0.4) is 0 Å². The molecule has 0 aliphatic heterocycles. The molecule has 2 rings (SSSR count). The van der Waals surface area contributed by atoms with Crippen LogP contribution in [0.2, 0.25) is 0 Å². The second kappa shape index (κ2) is 6.12. The maximum absolute atomic E-state index is 12.0. The van der Waals surface area contributed by atoms with E-state index in [1.54, 1.807) is 12.3 Å². The van der Waals surface area contributed by atoms with Crippen molar-refractivity contribution in [2.24, 2.45) is 0 Å². The Labute approximate surface area is 119 Å². The molecule has 0 saturated carbocycles. The molecule has 0 radical (unpaired) electrons. The van der Waals surface area contributed by atoms with Crippen LogP contribution >= 0.6 is 11.3 Å². The zero-order valence-electron chi connectivity index (χ0n) is 10.8. The number of benzene rings is 1. The molecule has 0 saturated heterocycles. The van der Waals surface area contributed by atoms with Crippen molar-refractivity contribution in [1.82, 2.24) is 0 Å². The zero-order valence-corrected chi connectivity index (χ0v) is 12.4. The quantitative estimate of drug-likeness (QED) is 0.941. The minimum Gasteiger partial charge on any atom is -0.321 e. The topological polar surface area (TPSA) is 46.2 Å². The van der Waals surface area contributed by atoms with Crippen molar-refractivity contribution in [3.05, 3.63) is 51.7 Å². The third-order valence-electron chi connectivity index (χ3n) is 2.80. The Kier molecular flexibility index (Phi) is 4.50. The number of hydrogen-bond acceptors (Lipinski definition) is 3. The summed E-state index contributed by atoms with van der Waals surface area (Å²) in [6.45, 7) is 1.94. The van der Waals surface area contributed by atoms with Crippen LogP contribution in [0.1, 0.15) is 20.8 Å². The highest BCUT2D eigenvalue weighted by atomic mass is 32.2. The SMILES string of the molecule is Cc1c(CS(C)=O)cccc1NC(=O)c1cccs1. The van der Waals surface area contributed by atoms with Crippen LogP contribution in [0.5, 0.6) is 0 Å². The Balaban J connectivity index is 2.21. The Morgan fingerprint density at radius 1 is 1.32 bits per heavy atom. The van der Waals surface area contributed by atoms with Crippen LogP contribution in [0, 0.1) is 6.92 Å². The summed E-state index contributed by atoms with van der Waals surface area (Å²) in [5.41, 5.74) is 2.76. The van der Waals surface area contributed by atoms with Crippen molar-refractivity contribution in [3.63, 3.8) is 0 Å². The van der Waals surface area contributed by atoms with Gasteiger partial charge >= 0.3 is 0 Å². The molecule has 5 heteroatoms. The van der Waals surface area contributed by atoms with E-state index in [0.717, 1.165) is 16.8 Å². The zero-order chi connectivity index (χ0) is 13.8. The van der Waals surface area contributed by atoms with E-state index in [9.17, 15) is 9.00 Å². The summed E-state index contributed by atoms with van der Waals surface area (Å²) in [6.07, 6.45) is 1.68. The molecular weight excluding hydrogens is 278 g/mol. The first kappa shape index (κ1) is 14.0. The highest BCUT2D eigenvalue weighted by Crippen LogP contribution is 2.21. The molecule has 2 aromatic rings. The van der Waals surface area contributed by atoms with E-state index in [1.807, 2.05) is 36.6 Å². The molecule has 1 heterocycles. The van der Waals surface area contributed by atoms with Crippen molar-refractivity contribution >= 4 is 33.7 Å². The maximum atomic E-state index is 12.0. The number of nitrogens with one attached hydrogen (secondary N) is 1. The lowest BCUT2D eigenvalue weighted by atomic mass is 10.1. The van der Waals surface area contributed by atoms with Crippen molar-refractivity contribution in [2.75, 3.05) is 11.6 Å². The van der Waals surface area contributed by atoms with Gasteiger partial charge in [-0.1, -0.05) is 18.2 Å². The molecule has 1 atom stereocenters. The van der Waals surface area contributed by atoms with E-state index in [2.05, 4.69) is 5.32 Å². The first-order valence-electron chi connectivity index (χ1n) is 5.81. The second-order valence-corrected chi connectivity index (χ2v) is 6.62. The van der Waals surface area contributed by atoms with E-state index >= 15 is 0 Å². The summed E-state index contributed by atoms with van der Waals surface area (Å²) in [5, 5.41) is 4.77. The highest BCUT2D eigenvalue weighted by molar-refractivity contribution is 7.83. The molecule has 0 bridgehead atoms. The fraction of sp³-hybridized carbons (Fsp3) is 0.214. The van der Waals surface area contributed by atoms with E-state index < -0.39 is 10.8 Å². The number of carbonyl (C=O) groups is 1. The summed E-state index contributed by atoms with van der Waals surface area (Å²) in [6, 6.07) is 9.32.